The molecule has 0 unspecified atom stereocenters. The quantitative estimate of drug-likeness (QED) is 0.517. The smallest absolute Gasteiger partial charge is 0.305 e. The van der Waals surface area contributed by atoms with Gasteiger partial charge in [0.05, 0.1) is 21.2 Å². The first-order valence-electron chi connectivity index (χ1n) is 7.45. The Balaban J connectivity index is 1.89. The molecule has 25 heavy (non-hydrogen) atoms. The Morgan fingerprint density at radius 3 is 2.72 bits per heavy atom. The number of carbonyl (C=O) groups excluding carboxylic acids is 1. The summed E-state index contributed by atoms with van der Waals surface area (Å²) in [5, 5.41) is 11.6. The van der Waals surface area contributed by atoms with Crippen LogP contribution in [-0.4, -0.2) is 27.8 Å². The Kier molecular flexibility index (Phi) is 4.45. The van der Waals surface area contributed by atoms with Gasteiger partial charge in [0.15, 0.2) is 0 Å². The van der Waals surface area contributed by atoms with Crippen LogP contribution in [0.2, 0.25) is 0 Å². The number of aromatic nitrogens is 1. The van der Waals surface area contributed by atoms with Crippen LogP contribution in [0.15, 0.2) is 42.5 Å². The number of benzene rings is 2. The lowest BCUT2D eigenvalue weighted by Crippen LogP contribution is -2.29. The van der Waals surface area contributed by atoms with Gasteiger partial charge >= 0.3 is 5.69 Å². The van der Waals surface area contributed by atoms with E-state index in [-0.39, 0.29) is 11.6 Å². The van der Waals surface area contributed by atoms with Crippen molar-refractivity contribution in [3.05, 3.63) is 69.0 Å². The molecule has 8 heteroatoms. The predicted molar refractivity (Wildman–Crippen MR) is 93.2 cm³/mol. The SMILES string of the molecule is C[C@H](c1nc2ccccc2s1)N(C)C(=O)c1ccc(F)c([N+](=O)[O-])c1. The van der Waals surface area contributed by atoms with Crippen molar-refractivity contribution in [3.8, 4) is 0 Å². The molecule has 0 fully saturated rings. The Bertz CT molecular complexity index is 940. The maximum atomic E-state index is 13.5. The Morgan fingerprint density at radius 1 is 1.32 bits per heavy atom. The van der Waals surface area contributed by atoms with E-state index in [4.69, 9.17) is 0 Å². The number of nitrogens with zero attached hydrogens (tertiary/aromatic N) is 3. The largest absolute Gasteiger partial charge is 0.333 e. The molecule has 0 radical (unpaired) electrons. The number of amides is 1. The molecule has 0 bridgehead atoms. The number of carbonyl (C=O) groups is 1. The molecule has 3 rings (SSSR count). The van der Waals surface area contributed by atoms with Crippen LogP contribution >= 0.6 is 11.3 Å². The molecule has 0 saturated heterocycles. The minimum atomic E-state index is -0.969. The fraction of sp³-hybridized carbons (Fsp3) is 0.176. The minimum absolute atomic E-state index is 0.0589. The molecule has 3 aromatic rings. The van der Waals surface area contributed by atoms with E-state index in [0.29, 0.717) is 0 Å². The zero-order valence-electron chi connectivity index (χ0n) is 13.5. The Hall–Kier alpha value is -2.87. The molecule has 0 spiro atoms. The van der Waals surface area contributed by atoms with Gasteiger partial charge in [-0.05, 0) is 31.2 Å². The third-order valence-corrected chi connectivity index (χ3v) is 5.17. The Labute approximate surface area is 146 Å². The van der Waals surface area contributed by atoms with Gasteiger partial charge in [-0.25, -0.2) is 4.98 Å². The van der Waals surface area contributed by atoms with E-state index in [0.717, 1.165) is 27.4 Å². The van der Waals surface area contributed by atoms with Crippen LogP contribution in [0.3, 0.4) is 0 Å². The second-order valence-electron chi connectivity index (χ2n) is 5.54. The number of nitro groups is 1. The van der Waals surface area contributed by atoms with Crippen LogP contribution in [0.25, 0.3) is 10.2 Å². The molecule has 1 heterocycles. The third-order valence-electron chi connectivity index (χ3n) is 3.96. The summed E-state index contributed by atoms with van der Waals surface area (Å²) in [6, 6.07) is 10.5. The Morgan fingerprint density at radius 2 is 2.04 bits per heavy atom. The van der Waals surface area contributed by atoms with E-state index in [1.807, 2.05) is 31.2 Å². The molecule has 1 amide bonds. The number of hydrogen-bond donors (Lipinski definition) is 0. The van der Waals surface area contributed by atoms with Crippen molar-refractivity contribution in [1.29, 1.82) is 0 Å². The van der Waals surface area contributed by atoms with Gasteiger partial charge in [0, 0.05) is 18.7 Å². The fourth-order valence-corrected chi connectivity index (χ4v) is 3.46. The number of thiazole rings is 1. The highest BCUT2D eigenvalue weighted by atomic mass is 32.1. The molecular weight excluding hydrogens is 345 g/mol. The molecule has 2 aromatic carbocycles. The van der Waals surface area contributed by atoms with Gasteiger partial charge in [-0.15, -0.1) is 11.3 Å². The first-order chi connectivity index (χ1) is 11.9. The first-order valence-corrected chi connectivity index (χ1v) is 8.26. The average Bonchev–Trinajstić information content (AvgIpc) is 3.04. The number of fused-ring (bicyclic) bond motifs is 1. The van der Waals surface area contributed by atoms with E-state index in [2.05, 4.69) is 4.98 Å². The van der Waals surface area contributed by atoms with Crippen LogP contribution < -0.4 is 0 Å². The highest BCUT2D eigenvalue weighted by molar-refractivity contribution is 7.18. The molecule has 1 atom stereocenters. The topological polar surface area (TPSA) is 76.3 Å². The number of para-hydroxylation sites is 1. The van der Waals surface area contributed by atoms with Crippen molar-refractivity contribution < 1.29 is 14.1 Å². The molecular formula is C17H14FN3O3S. The van der Waals surface area contributed by atoms with E-state index in [1.54, 1.807) is 7.05 Å². The number of rotatable bonds is 4. The van der Waals surface area contributed by atoms with Crippen LogP contribution in [0.5, 0.6) is 0 Å². The van der Waals surface area contributed by atoms with E-state index in [1.165, 1.54) is 22.3 Å². The third kappa shape index (κ3) is 3.20. The molecule has 1 aromatic heterocycles. The van der Waals surface area contributed by atoms with Crippen molar-refractivity contribution in [1.82, 2.24) is 9.88 Å². The van der Waals surface area contributed by atoms with Gasteiger partial charge in [-0.3, -0.25) is 14.9 Å². The van der Waals surface area contributed by atoms with Gasteiger partial charge in [0.25, 0.3) is 5.91 Å². The average molecular weight is 359 g/mol. The highest BCUT2D eigenvalue weighted by Gasteiger charge is 2.24. The standard InChI is InChI=1S/C17H14FN3O3S/c1-10(16-19-13-5-3-4-6-15(13)25-16)20(2)17(22)11-7-8-12(18)14(9-11)21(23)24/h3-10H,1-2H3/t10-/m1/s1. The van der Waals surface area contributed by atoms with Crippen molar-refractivity contribution >= 4 is 33.1 Å². The van der Waals surface area contributed by atoms with Crippen LogP contribution in [0.1, 0.15) is 28.3 Å². The summed E-state index contributed by atoms with van der Waals surface area (Å²) in [7, 11) is 1.59. The van der Waals surface area contributed by atoms with Crippen molar-refractivity contribution in [2.45, 2.75) is 13.0 Å². The van der Waals surface area contributed by atoms with Crippen LogP contribution in [-0.2, 0) is 0 Å². The van der Waals surface area contributed by atoms with Gasteiger partial charge < -0.3 is 4.90 Å². The van der Waals surface area contributed by atoms with Crippen LogP contribution in [0, 0.1) is 15.9 Å². The van der Waals surface area contributed by atoms with Gasteiger partial charge in [0.2, 0.25) is 5.82 Å². The first kappa shape index (κ1) is 17.0. The van der Waals surface area contributed by atoms with Gasteiger partial charge in [0.1, 0.15) is 5.01 Å². The summed E-state index contributed by atoms with van der Waals surface area (Å²) in [6.45, 7) is 1.83. The second kappa shape index (κ2) is 6.56. The normalized spacial score (nSPS) is 12.1. The lowest BCUT2D eigenvalue weighted by Gasteiger charge is -2.23. The molecule has 128 valence electrons. The molecule has 0 saturated carbocycles. The van der Waals surface area contributed by atoms with E-state index >= 15 is 0 Å². The van der Waals surface area contributed by atoms with Gasteiger partial charge in [-0.1, -0.05) is 12.1 Å². The minimum Gasteiger partial charge on any atom is -0.333 e. The predicted octanol–water partition coefficient (Wildman–Crippen LogP) is 4.18. The lowest BCUT2D eigenvalue weighted by molar-refractivity contribution is -0.387. The maximum absolute atomic E-state index is 13.5. The monoisotopic (exact) mass is 359 g/mol. The summed E-state index contributed by atoms with van der Waals surface area (Å²) >= 11 is 1.48. The number of halogens is 1. The molecule has 0 N–H and O–H groups in total. The summed E-state index contributed by atoms with van der Waals surface area (Å²) in [5.74, 6) is -1.40. The summed E-state index contributed by atoms with van der Waals surface area (Å²) in [4.78, 5) is 28.6. The zero-order chi connectivity index (χ0) is 18.1. The highest BCUT2D eigenvalue weighted by Crippen LogP contribution is 2.30. The van der Waals surface area contributed by atoms with Crippen molar-refractivity contribution in [3.63, 3.8) is 0 Å². The summed E-state index contributed by atoms with van der Waals surface area (Å²) in [6.07, 6.45) is 0. The van der Waals surface area contributed by atoms with Gasteiger partial charge in [-0.2, -0.15) is 4.39 Å². The molecule has 0 aliphatic carbocycles. The fourth-order valence-electron chi connectivity index (χ4n) is 2.40. The second-order valence-corrected chi connectivity index (χ2v) is 6.60. The van der Waals surface area contributed by atoms with E-state index < -0.39 is 22.3 Å². The summed E-state index contributed by atoms with van der Waals surface area (Å²) in [5.41, 5.74) is 0.197. The zero-order valence-corrected chi connectivity index (χ0v) is 14.3. The molecule has 0 aliphatic heterocycles. The molecule has 0 aliphatic rings. The van der Waals surface area contributed by atoms with Crippen molar-refractivity contribution in [2.24, 2.45) is 0 Å². The maximum Gasteiger partial charge on any atom is 0.305 e. The number of nitro benzene ring substituents is 1. The number of hydrogen-bond acceptors (Lipinski definition) is 5. The van der Waals surface area contributed by atoms with Crippen LogP contribution in [0.4, 0.5) is 10.1 Å². The lowest BCUT2D eigenvalue weighted by atomic mass is 10.1. The summed E-state index contributed by atoms with van der Waals surface area (Å²) < 4.78 is 14.5. The van der Waals surface area contributed by atoms with E-state index in [9.17, 15) is 19.3 Å². The molecule has 6 nitrogen and oxygen atoms in total. The van der Waals surface area contributed by atoms with Crippen molar-refractivity contribution in [2.75, 3.05) is 7.05 Å².